The van der Waals surface area contributed by atoms with Gasteiger partial charge in [-0.2, -0.15) is 0 Å². The largest absolute Gasteiger partial charge is 0.379 e. The summed E-state index contributed by atoms with van der Waals surface area (Å²) in [5, 5.41) is 3.34. The molecule has 1 aromatic heterocycles. The maximum Gasteiger partial charge on any atom is 0.256 e. The molecule has 6 heteroatoms. The van der Waals surface area contributed by atoms with Crippen LogP contribution in [0.2, 0.25) is 4.47 Å². The maximum absolute atomic E-state index is 12.9. The number of hydrogen-bond acceptors (Lipinski definition) is 4. The van der Waals surface area contributed by atoms with Gasteiger partial charge in [0, 0.05) is 29.3 Å². The van der Waals surface area contributed by atoms with Crippen molar-refractivity contribution in [3.8, 4) is 0 Å². The number of benzene rings is 1. The number of hydrogen-bond donors (Lipinski definition) is 1. The molecule has 1 fully saturated rings. The van der Waals surface area contributed by atoms with E-state index in [2.05, 4.69) is 17.2 Å². The predicted octanol–water partition coefficient (Wildman–Crippen LogP) is 4.42. The van der Waals surface area contributed by atoms with Crippen molar-refractivity contribution < 1.29 is 4.79 Å². The second-order valence-electron chi connectivity index (χ2n) is 5.82. The topological polar surface area (TPSA) is 45.2 Å². The van der Waals surface area contributed by atoms with Gasteiger partial charge in [0.05, 0.1) is 12.1 Å². The summed E-state index contributed by atoms with van der Waals surface area (Å²) in [5.74, 6) is 0.114. The second-order valence-corrected chi connectivity index (χ2v) is 7.52. The number of likely N-dealkylation sites (tertiary alicyclic amines) is 1. The fourth-order valence-electron chi connectivity index (χ4n) is 2.93. The highest BCUT2D eigenvalue weighted by molar-refractivity contribution is 7.15. The van der Waals surface area contributed by atoms with Gasteiger partial charge in [-0.1, -0.05) is 23.7 Å². The van der Waals surface area contributed by atoms with Crippen LogP contribution in [0.4, 0.5) is 5.69 Å². The Labute approximate surface area is 145 Å². The van der Waals surface area contributed by atoms with Crippen LogP contribution in [0.5, 0.6) is 0 Å². The van der Waals surface area contributed by atoms with Crippen LogP contribution in [0.1, 0.15) is 41.4 Å². The number of nitrogens with zero attached hydrogens (tertiary/aromatic N) is 2. The zero-order valence-corrected chi connectivity index (χ0v) is 14.7. The molecule has 2 heterocycles. The molecule has 122 valence electrons. The quantitative estimate of drug-likeness (QED) is 0.888. The Morgan fingerprint density at radius 2 is 2.26 bits per heavy atom. The molecule has 3 rings (SSSR count). The molecule has 23 heavy (non-hydrogen) atoms. The van der Waals surface area contributed by atoms with Gasteiger partial charge in [-0.3, -0.25) is 4.79 Å². The van der Waals surface area contributed by atoms with Crippen molar-refractivity contribution in [3.63, 3.8) is 0 Å². The van der Waals surface area contributed by atoms with Gasteiger partial charge >= 0.3 is 0 Å². The van der Waals surface area contributed by atoms with E-state index in [1.165, 1.54) is 17.8 Å². The first kappa shape index (κ1) is 16.3. The molecule has 0 saturated carbocycles. The molecule has 4 nitrogen and oxygen atoms in total. The molecular weight excluding hydrogens is 330 g/mol. The van der Waals surface area contributed by atoms with E-state index in [0.29, 0.717) is 17.1 Å². The van der Waals surface area contributed by atoms with Crippen LogP contribution >= 0.6 is 22.9 Å². The van der Waals surface area contributed by atoms with E-state index in [1.807, 2.05) is 29.2 Å². The third kappa shape index (κ3) is 3.85. The van der Waals surface area contributed by atoms with Crippen molar-refractivity contribution >= 4 is 34.5 Å². The molecule has 1 atom stereocenters. The molecule has 0 spiro atoms. The molecule has 1 unspecified atom stereocenters. The van der Waals surface area contributed by atoms with Crippen LogP contribution in [0.15, 0.2) is 30.5 Å². The highest BCUT2D eigenvalue weighted by Gasteiger charge is 2.25. The van der Waals surface area contributed by atoms with E-state index in [1.54, 1.807) is 6.20 Å². The van der Waals surface area contributed by atoms with Crippen LogP contribution < -0.4 is 5.32 Å². The van der Waals surface area contributed by atoms with E-state index < -0.39 is 0 Å². The SMILES string of the molecule is CC1CCCCN1C(=O)c1ccccc1NCc1cnc(Cl)s1. The average molecular weight is 350 g/mol. The number of piperidine rings is 1. The summed E-state index contributed by atoms with van der Waals surface area (Å²) in [5.41, 5.74) is 1.59. The number of thiazole rings is 1. The fourth-order valence-corrected chi connectivity index (χ4v) is 3.84. The van der Waals surface area contributed by atoms with Crippen LogP contribution in [0.25, 0.3) is 0 Å². The molecule has 0 radical (unpaired) electrons. The number of nitrogens with one attached hydrogen (secondary N) is 1. The lowest BCUT2D eigenvalue weighted by Gasteiger charge is -2.34. The predicted molar refractivity (Wildman–Crippen MR) is 95.2 cm³/mol. The monoisotopic (exact) mass is 349 g/mol. The number of rotatable bonds is 4. The van der Waals surface area contributed by atoms with E-state index in [-0.39, 0.29) is 5.91 Å². The number of carbonyl (C=O) groups excluding carboxylic acids is 1. The Hall–Kier alpha value is -1.59. The van der Waals surface area contributed by atoms with Gasteiger partial charge in [0.15, 0.2) is 4.47 Å². The average Bonchev–Trinajstić information content (AvgIpc) is 2.98. The lowest BCUT2D eigenvalue weighted by atomic mass is 10.0. The van der Waals surface area contributed by atoms with Gasteiger partial charge in [-0.15, -0.1) is 11.3 Å². The minimum absolute atomic E-state index is 0.114. The molecule has 1 saturated heterocycles. The summed E-state index contributed by atoms with van der Waals surface area (Å²) in [6.07, 6.45) is 5.14. The van der Waals surface area contributed by atoms with Gasteiger partial charge in [-0.05, 0) is 38.3 Å². The van der Waals surface area contributed by atoms with Crippen molar-refractivity contribution in [3.05, 3.63) is 45.4 Å². The Morgan fingerprint density at radius 3 is 3.00 bits per heavy atom. The van der Waals surface area contributed by atoms with Crippen LogP contribution in [0.3, 0.4) is 0 Å². The summed E-state index contributed by atoms with van der Waals surface area (Å²) in [4.78, 5) is 20.0. The highest BCUT2D eigenvalue weighted by Crippen LogP contribution is 2.24. The first-order valence-electron chi connectivity index (χ1n) is 7.89. The Balaban J connectivity index is 1.75. The Morgan fingerprint density at radius 1 is 1.43 bits per heavy atom. The van der Waals surface area contributed by atoms with E-state index >= 15 is 0 Å². The van der Waals surface area contributed by atoms with Gasteiger partial charge < -0.3 is 10.2 Å². The highest BCUT2D eigenvalue weighted by atomic mass is 35.5. The number of para-hydroxylation sites is 1. The zero-order chi connectivity index (χ0) is 16.2. The van der Waals surface area contributed by atoms with Crippen molar-refractivity contribution in [2.75, 3.05) is 11.9 Å². The molecule has 1 aliphatic heterocycles. The smallest absolute Gasteiger partial charge is 0.256 e. The van der Waals surface area contributed by atoms with Crippen molar-refractivity contribution in [1.82, 2.24) is 9.88 Å². The third-order valence-electron chi connectivity index (χ3n) is 4.20. The molecule has 1 amide bonds. The maximum atomic E-state index is 12.9. The summed E-state index contributed by atoms with van der Waals surface area (Å²) in [7, 11) is 0. The number of halogens is 1. The molecular formula is C17H20ClN3OS. The van der Waals surface area contributed by atoms with E-state index in [4.69, 9.17) is 11.6 Å². The van der Waals surface area contributed by atoms with E-state index in [9.17, 15) is 4.79 Å². The summed E-state index contributed by atoms with van der Waals surface area (Å²) >= 11 is 7.31. The van der Waals surface area contributed by atoms with Gasteiger partial charge in [0.2, 0.25) is 0 Å². The molecule has 2 aromatic rings. The third-order valence-corrected chi connectivity index (χ3v) is 5.31. The van der Waals surface area contributed by atoms with Gasteiger partial charge in [0.25, 0.3) is 5.91 Å². The van der Waals surface area contributed by atoms with Crippen molar-refractivity contribution in [2.45, 2.75) is 38.8 Å². The van der Waals surface area contributed by atoms with E-state index in [0.717, 1.165) is 35.5 Å². The molecule has 1 aromatic carbocycles. The first-order chi connectivity index (χ1) is 11.1. The van der Waals surface area contributed by atoms with Crippen LogP contribution in [0, 0.1) is 0 Å². The minimum atomic E-state index is 0.114. The van der Waals surface area contributed by atoms with Crippen molar-refractivity contribution in [2.24, 2.45) is 0 Å². The second kappa shape index (κ2) is 7.32. The van der Waals surface area contributed by atoms with Crippen LogP contribution in [-0.2, 0) is 6.54 Å². The first-order valence-corrected chi connectivity index (χ1v) is 9.08. The molecule has 0 bridgehead atoms. The van der Waals surface area contributed by atoms with Gasteiger partial charge in [-0.25, -0.2) is 4.98 Å². The fraction of sp³-hybridized carbons (Fsp3) is 0.412. The summed E-state index contributed by atoms with van der Waals surface area (Å²) < 4.78 is 0.535. The summed E-state index contributed by atoms with van der Waals surface area (Å²) in [6, 6.07) is 8.01. The lowest BCUT2D eigenvalue weighted by molar-refractivity contribution is 0.0636. The molecule has 0 aliphatic carbocycles. The van der Waals surface area contributed by atoms with Crippen molar-refractivity contribution in [1.29, 1.82) is 0 Å². The van der Waals surface area contributed by atoms with Gasteiger partial charge in [0.1, 0.15) is 0 Å². The van der Waals surface area contributed by atoms with Crippen LogP contribution in [-0.4, -0.2) is 28.4 Å². The zero-order valence-electron chi connectivity index (χ0n) is 13.1. The minimum Gasteiger partial charge on any atom is -0.379 e. The Bertz CT molecular complexity index is 688. The molecule has 1 aliphatic rings. The lowest BCUT2D eigenvalue weighted by Crippen LogP contribution is -2.42. The Kier molecular flexibility index (Phi) is 5.18. The standard InChI is InChI=1S/C17H20ClN3OS/c1-12-6-4-5-9-21(12)16(22)14-7-2-3-8-15(14)19-10-13-11-20-17(18)23-13/h2-3,7-8,11-12,19H,4-6,9-10H2,1H3. The normalized spacial score (nSPS) is 18.0. The summed E-state index contributed by atoms with van der Waals surface area (Å²) in [6.45, 7) is 3.59. The number of amides is 1. The number of aromatic nitrogens is 1. The number of anilines is 1. The number of carbonyl (C=O) groups is 1. The molecule has 1 N–H and O–H groups in total.